The first-order chi connectivity index (χ1) is 21.1. The number of nitrogens with two attached hydrogens (primary N) is 2. The van der Waals surface area contributed by atoms with Crippen LogP contribution in [-0.2, 0) is 20.9 Å². The Bertz CT molecular complexity index is 1650. The van der Waals surface area contributed by atoms with E-state index in [9.17, 15) is 14.7 Å². The molecule has 3 aromatic rings. The molecule has 1 aliphatic carbocycles. The number of carbonyl (C=O) groups excluding carboxylic acids is 2. The van der Waals surface area contributed by atoms with Gasteiger partial charge in [-0.3, -0.25) is 24.8 Å². The van der Waals surface area contributed by atoms with E-state index in [1.165, 1.54) is 0 Å². The fraction of sp³-hybridized carbons (Fsp3) is 0.382. The van der Waals surface area contributed by atoms with Gasteiger partial charge < -0.3 is 21.3 Å². The normalized spacial score (nSPS) is 25.2. The molecule has 9 nitrogen and oxygen atoms in total. The van der Waals surface area contributed by atoms with Crippen LogP contribution >= 0.6 is 0 Å². The van der Waals surface area contributed by atoms with Crippen LogP contribution in [0.1, 0.15) is 73.1 Å². The highest BCUT2D eigenvalue weighted by molar-refractivity contribution is 6.01. The Morgan fingerprint density at radius 1 is 1.14 bits per heavy atom. The van der Waals surface area contributed by atoms with E-state index < -0.39 is 23.3 Å². The summed E-state index contributed by atoms with van der Waals surface area (Å²) >= 11 is 0. The molecule has 230 valence electrons. The average Bonchev–Trinajstić information content (AvgIpc) is 3.80. The van der Waals surface area contributed by atoms with Gasteiger partial charge in [0.2, 0.25) is 11.8 Å². The van der Waals surface area contributed by atoms with Gasteiger partial charge in [-0.05, 0) is 85.7 Å². The number of nitrogens with zero attached hydrogens (tertiary/aromatic N) is 2. The Morgan fingerprint density at radius 2 is 1.91 bits per heavy atom. The molecule has 3 aliphatic rings. The van der Waals surface area contributed by atoms with Gasteiger partial charge in [-0.15, -0.1) is 0 Å². The Kier molecular flexibility index (Phi) is 8.13. The molecule has 2 aromatic carbocycles. The second-order valence-electron chi connectivity index (χ2n) is 12.4. The molecule has 0 radical (unpaired) electrons. The first-order valence-corrected chi connectivity index (χ1v) is 15.1. The van der Waals surface area contributed by atoms with Gasteiger partial charge in [0.1, 0.15) is 11.9 Å². The molecule has 2 amide bonds. The molecule has 1 saturated carbocycles. The van der Waals surface area contributed by atoms with Crippen molar-refractivity contribution in [1.29, 1.82) is 0 Å². The molecule has 3 unspecified atom stereocenters. The number of hydrogen-bond acceptors (Lipinski definition) is 8. The van der Waals surface area contributed by atoms with Gasteiger partial charge in [-0.1, -0.05) is 30.3 Å². The molecule has 2 saturated heterocycles. The van der Waals surface area contributed by atoms with E-state index in [4.69, 9.17) is 16.2 Å². The topological polar surface area (TPSA) is 144 Å². The summed E-state index contributed by atoms with van der Waals surface area (Å²) in [5, 5.41) is 14.2. The SMILES string of the molecule is CC1(O)CN(Cc2ccc(/C(N)=C/C=C(\N)OC3CC3)cc2)CCC1c1ccc2ncc(C3CCC(=O)NC3=O)cc2c1F. The lowest BCUT2D eigenvalue weighted by Crippen LogP contribution is -2.50. The number of pyridine rings is 1. The van der Waals surface area contributed by atoms with Crippen molar-refractivity contribution in [2.75, 3.05) is 13.1 Å². The molecule has 3 atom stereocenters. The van der Waals surface area contributed by atoms with Gasteiger partial charge in [0.25, 0.3) is 0 Å². The van der Waals surface area contributed by atoms with E-state index in [2.05, 4.69) is 15.2 Å². The molecule has 0 spiro atoms. The third kappa shape index (κ3) is 6.46. The van der Waals surface area contributed by atoms with Gasteiger partial charge in [-0.2, -0.15) is 0 Å². The smallest absolute Gasteiger partial charge is 0.234 e. The molecule has 6 N–H and O–H groups in total. The molecule has 2 aliphatic heterocycles. The second-order valence-corrected chi connectivity index (χ2v) is 12.4. The van der Waals surface area contributed by atoms with Crippen LogP contribution in [0, 0.1) is 5.82 Å². The van der Waals surface area contributed by atoms with E-state index in [1.807, 2.05) is 24.3 Å². The largest absolute Gasteiger partial charge is 0.476 e. The van der Waals surface area contributed by atoms with E-state index in [0.29, 0.717) is 66.1 Å². The van der Waals surface area contributed by atoms with Crippen molar-refractivity contribution in [2.45, 2.75) is 69.1 Å². The molecular weight excluding hydrogens is 561 g/mol. The maximum absolute atomic E-state index is 16.1. The first kappa shape index (κ1) is 29.8. The van der Waals surface area contributed by atoms with Crippen molar-refractivity contribution in [3.05, 3.63) is 94.8 Å². The minimum absolute atomic E-state index is 0.231. The van der Waals surface area contributed by atoms with Crippen LogP contribution in [-0.4, -0.2) is 51.6 Å². The van der Waals surface area contributed by atoms with Crippen molar-refractivity contribution in [3.63, 3.8) is 0 Å². The Labute approximate surface area is 255 Å². The van der Waals surface area contributed by atoms with E-state index in [1.54, 1.807) is 43.5 Å². The van der Waals surface area contributed by atoms with Crippen LogP contribution < -0.4 is 16.8 Å². The summed E-state index contributed by atoms with van der Waals surface area (Å²) in [4.78, 5) is 30.6. The summed E-state index contributed by atoms with van der Waals surface area (Å²) in [5.74, 6) is -1.73. The van der Waals surface area contributed by atoms with Crippen molar-refractivity contribution < 1.29 is 23.8 Å². The number of aliphatic hydroxyl groups is 1. The molecular formula is C34H38FN5O4. The zero-order valence-electron chi connectivity index (χ0n) is 24.8. The zero-order chi connectivity index (χ0) is 31.0. The highest BCUT2D eigenvalue weighted by Gasteiger charge is 2.40. The molecule has 6 rings (SSSR count). The Morgan fingerprint density at radius 3 is 2.61 bits per heavy atom. The van der Waals surface area contributed by atoms with E-state index in [0.717, 1.165) is 24.0 Å². The number of imide groups is 1. The second kappa shape index (κ2) is 12.0. The number of piperidine rings is 2. The van der Waals surface area contributed by atoms with Crippen molar-refractivity contribution in [1.82, 2.24) is 15.2 Å². The lowest BCUT2D eigenvalue weighted by molar-refractivity contribution is -0.134. The fourth-order valence-corrected chi connectivity index (χ4v) is 6.31. The van der Waals surface area contributed by atoms with E-state index in [-0.39, 0.29) is 24.3 Å². The van der Waals surface area contributed by atoms with E-state index >= 15 is 4.39 Å². The lowest BCUT2D eigenvalue weighted by Gasteiger charge is -2.43. The minimum Gasteiger partial charge on any atom is -0.476 e. The van der Waals surface area contributed by atoms with Gasteiger partial charge >= 0.3 is 0 Å². The first-order valence-electron chi connectivity index (χ1n) is 15.1. The number of amides is 2. The van der Waals surface area contributed by atoms with Crippen LogP contribution in [0.3, 0.4) is 0 Å². The molecule has 3 fully saturated rings. The number of fused-ring (bicyclic) bond motifs is 1. The van der Waals surface area contributed by atoms with Gasteiger partial charge in [-0.25, -0.2) is 4.39 Å². The number of rotatable bonds is 8. The minimum atomic E-state index is -1.18. The molecule has 10 heteroatoms. The summed E-state index contributed by atoms with van der Waals surface area (Å²) in [7, 11) is 0. The molecule has 44 heavy (non-hydrogen) atoms. The van der Waals surface area contributed by atoms with Crippen LogP contribution in [0.25, 0.3) is 16.6 Å². The highest BCUT2D eigenvalue weighted by Crippen LogP contribution is 2.40. The number of carbonyl (C=O) groups is 2. The van der Waals surface area contributed by atoms with Crippen LogP contribution in [0.15, 0.2) is 66.7 Å². The van der Waals surface area contributed by atoms with Crippen molar-refractivity contribution in [2.24, 2.45) is 11.5 Å². The predicted molar refractivity (Wildman–Crippen MR) is 165 cm³/mol. The fourth-order valence-electron chi connectivity index (χ4n) is 6.31. The van der Waals surface area contributed by atoms with Crippen molar-refractivity contribution >= 4 is 28.4 Å². The average molecular weight is 600 g/mol. The number of ether oxygens (including phenoxy) is 1. The lowest BCUT2D eigenvalue weighted by atomic mass is 9.77. The predicted octanol–water partition coefficient (Wildman–Crippen LogP) is 3.91. The molecule has 0 bridgehead atoms. The van der Waals surface area contributed by atoms with Gasteiger partial charge in [0.15, 0.2) is 5.88 Å². The monoisotopic (exact) mass is 599 g/mol. The number of halogens is 1. The van der Waals surface area contributed by atoms with Crippen molar-refractivity contribution in [3.8, 4) is 0 Å². The number of nitrogens with one attached hydrogen (secondary N) is 1. The van der Waals surface area contributed by atoms with Crippen LogP contribution in [0.5, 0.6) is 0 Å². The standard InChI is InChI=1S/C34H38FN5O4/c1-34(43)19-40(18-20-2-4-21(5-3-20)28(36)10-12-30(37)44-23-6-7-23)15-14-27(34)25-8-11-29-26(32(25)35)16-22(17-38-29)24-9-13-31(41)39-33(24)42/h2-5,8,10-12,16-17,23-24,27,43H,6-7,9,13-15,18-19,36-37H2,1H3,(H,39,41,42)/b28-10-,30-12+. The number of hydrogen-bond donors (Lipinski definition) is 4. The zero-order valence-corrected chi connectivity index (χ0v) is 24.8. The molecule has 1 aromatic heterocycles. The molecule has 3 heterocycles. The Balaban J connectivity index is 1.13. The third-order valence-electron chi connectivity index (χ3n) is 8.84. The van der Waals surface area contributed by atoms with Crippen LogP contribution in [0.4, 0.5) is 4.39 Å². The summed E-state index contributed by atoms with van der Waals surface area (Å²) in [5.41, 5.74) is 15.0. The third-order valence-corrected chi connectivity index (χ3v) is 8.84. The maximum Gasteiger partial charge on any atom is 0.234 e. The Hall–Kier alpha value is -4.28. The summed E-state index contributed by atoms with van der Waals surface area (Å²) in [6.07, 6.45) is 8.47. The summed E-state index contributed by atoms with van der Waals surface area (Å²) in [6, 6.07) is 13.1. The highest BCUT2D eigenvalue weighted by atomic mass is 19.1. The summed E-state index contributed by atoms with van der Waals surface area (Å²) < 4.78 is 21.6. The number of β-amino-alcohol motifs (C(OH)–C–C–N with tert-alkyl or cyclic N) is 1. The summed E-state index contributed by atoms with van der Waals surface area (Å²) in [6.45, 7) is 3.45. The van der Waals surface area contributed by atoms with Gasteiger partial charge in [0, 0.05) is 42.7 Å². The number of allylic oxidation sites excluding steroid dienone is 2. The number of likely N-dealkylation sites (tertiary alicyclic amines) is 1. The quantitative estimate of drug-likeness (QED) is 0.173. The number of aromatic nitrogens is 1. The van der Waals surface area contributed by atoms with Crippen LogP contribution in [0.2, 0.25) is 0 Å². The van der Waals surface area contributed by atoms with Gasteiger partial charge in [0.05, 0.1) is 17.0 Å². The maximum atomic E-state index is 16.1. The number of benzene rings is 2.